The first-order chi connectivity index (χ1) is 15.5. The molecule has 2 fully saturated rings. The highest BCUT2D eigenvalue weighted by Gasteiger charge is 2.37. The molecule has 0 bridgehead atoms. The Bertz CT molecular complexity index is 1060. The average molecular weight is 433 g/mol. The number of fused-ring (bicyclic) bond motifs is 2. The first-order valence-electron chi connectivity index (χ1n) is 12.2. The van der Waals surface area contributed by atoms with Gasteiger partial charge in [-0.1, -0.05) is 50.7 Å². The van der Waals surface area contributed by atoms with Crippen LogP contribution in [0.5, 0.6) is 5.75 Å². The van der Waals surface area contributed by atoms with E-state index < -0.39 is 0 Å². The lowest BCUT2D eigenvalue weighted by molar-refractivity contribution is 0.0977. The summed E-state index contributed by atoms with van der Waals surface area (Å²) in [6, 6.07) is 7.71. The minimum atomic E-state index is -0.266. The molecule has 5 nitrogen and oxygen atoms in total. The van der Waals surface area contributed by atoms with Crippen LogP contribution in [0.3, 0.4) is 0 Å². The van der Waals surface area contributed by atoms with Gasteiger partial charge in [-0.2, -0.15) is 0 Å². The van der Waals surface area contributed by atoms with Crippen molar-refractivity contribution in [3.63, 3.8) is 0 Å². The maximum absolute atomic E-state index is 13.7. The Morgan fingerprint density at radius 3 is 2.06 bits per heavy atom. The van der Waals surface area contributed by atoms with Gasteiger partial charge in [-0.25, -0.2) is 0 Å². The second-order valence-electron chi connectivity index (χ2n) is 9.68. The van der Waals surface area contributed by atoms with Crippen molar-refractivity contribution in [2.24, 2.45) is 0 Å². The molecule has 0 atom stereocenters. The van der Waals surface area contributed by atoms with Gasteiger partial charge < -0.3 is 15.7 Å². The van der Waals surface area contributed by atoms with E-state index in [4.69, 9.17) is 0 Å². The topological polar surface area (TPSA) is 78.4 Å². The summed E-state index contributed by atoms with van der Waals surface area (Å²) in [6.07, 6.45) is 11.5. The number of aromatic hydroxyl groups is 1. The van der Waals surface area contributed by atoms with E-state index in [9.17, 15) is 14.7 Å². The van der Waals surface area contributed by atoms with Gasteiger partial charge in [0.25, 0.3) is 0 Å². The van der Waals surface area contributed by atoms with Crippen molar-refractivity contribution in [1.29, 1.82) is 0 Å². The fraction of sp³-hybridized carbons (Fsp3) is 0.481. The van der Waals surface area contributed by atoms with Crippen molar-refractivity contribution >= 4 is 22.9 Å². The minimum Gasteiger partial charge on any atom is -0.507 e. The summed E-state index contributed by atoms with van der Waals surface area (Å²) in [4.78, 5) is 27.4. The van der Waals surface area contributed by atoms with Gasteiger partial charge in [-0.05, 0) is 50.3 Å². The van der Waals surface area contributed by atoms with Crippen molar-refractivity contribution in [2.45, 2.75) is 83.2 Å². The molecule has 2 aromatic rings. The van der Waals surface area contributed by atoms with E-state index in [0.29, 0.717) is 40.1 Å². The molecular formula is C27H32N2O3. The summed E-state index contributed by atoms with van der Waals surface area (Å²) >= 11 is 0. The molecule has 5 rings (SSSR count). The molecule has 2 saturated carbocycles. The molecule has 0 saturated heterocycles. The Hall–Kier alpha value is -2.82. The number of phenolic OH excluding ortho intramolecular Hbond substituents is 1. The lowest BCUT2D eigenvalue weighted by Crippen LogP contribution is -2.29. The van der Waals surface area contributed by atoms with Crippen LogP contribution in [-0.4, -0.2) is 28.8 Å². The van der Waals surface area contributed by atoms with Gasteiger partial charge >= 0.3 is 0 Å². The molecule has 0 heterocycles. The normalized spacial score (nSPS) is 19.4. The number of nitrogens with one attached hydrogen (secondary N) is 2. The molecule has 2 aromatic carbocycles. The van der Waals surface area contributed by atoms with Gasteiger partial charge in [0, 0.05) is 29.0 Å². The third kappa shape index (κ3) is 3.68. The van der Waals surface area contributed by atoms with Gasteiger partial charge in [-0.15, -0.1) is 0 Å². The lowest BCUT2D eigenvalue weighted by atomic mass is 9.80. The van der Waals surface area contributed by atoms with Crippen molar-refractivity contribution in [3.8, 4) is 5.75 Å². The molecule has 5 heteroatoms. The number of carbonyl (C=O) groups excluding carboxylic acids is 2. The number of aryl methyl sites for hydroxylation is 1. The average Bonchev–Trinajstić information content (AvgIpc) is 2.80. The first-order valence-corrected chi connectivity index (χ1v) is 12.2. The van der Waals surface area contributed by atoms with Crippen molar-refractivity contribution in [2.75, 3.05) is 10.6 Å². The largest absolute Gasteiger partial charge is 0.507 e. The monoisotopic (exact) mass is 432 g/mol. The number of anilines is 2. The standard InChI is InChI=1S/C27H32N2O3/c1-16-15-21(30)23-24(25(16)29-18-11-6-3-7-12-18)26(31)19-13-8-14-20(22(19)27(23)32)28-17-9-4-2-5-10-17/h8,13-15,17-18,28-30H,2-7,9-12H2,1H3. The van der Waals surface area contributed by atoms with Crippen LogP contribution in [0.1, 0.15) is 102 Å². The number of hydrogen-bond donors (Lipinski definition) is 3. The highest BCUT2D eigenvalue weighted by Crippen LogP contribution is 2.42. The van der Waals surface area contributed by atoms with Crippen LogP contribution in [0.2, 0.25) is 0 Å². The van der Waals surface area contributed by atoms with Crippen LogP contribution >= 0.6 is 0 Å². The predicted octanol–water partition coefficient (Wildman–Crippen LogP) is 5.97. The molecule has 0 spiro atoms. The van der Waals surface area contributed by atoms with Gasteiger partial charge in [0.05, 0.1) is 16.7 Å². The molecular weight excluding hydrogens is 400 g/mol. The molecule has 0 radical (unpaired) electrons. The number of benzene rings is 2. The zero-order valence-electron chi connectivity index (χ0n) is 18.8. The Morgan fingerprint density at radius 1 is 0.781 bits per heavy atom. The highest BCUT2D eigenvalue weighted by molar-refractivity contribution is 6.32. The zero-order valence-corrected chi connectivity index (χ0v) is 18.8. The predicted molar refractivity (Wildman–Crippen MR) is 127 cm³/mol. The first kappa shape index (κ1) is 21.0. The van der Waals surface area contributed by atoms with E-state index in [1.165, 1.54) is 38.5 Å². The number of carbonyl (C=O) groups is 2. The van der Waals surface area contributed by atoms with Crippen LogP contribution in [0.15, 0.2) is 24.3 Å². The lowest BCUT2D eigenvalue weighted by Gasteiger charge is -2.30. The molecule has 0 aliphatic heterocycles. The quantitative estimate of drug-likeness (QED) is 0.443. The summed E-state index contributed by atoms with van der Waals surface area (Å²) in [5.74, 6) is -0.555. The molecule has 3 N–H and O–H groups in total. The fourth-order valence-electron chi connectivity index (χ4n) is 5.73. The number of phenols is 1. The van der Waals surface area contributed by atoms with E-state index in [1.807, 2.05) is 19.1 Å². The van der Waals surface area contributed by atoms with Crippen molar-refractivity contribution in [1.82, 2.24) is 0 Å². The number of rotatable bonds is 4. The molecule has 3 aliphatic carbocycles. The number of ketones is 2. The molecule has 32 heavy (non-hydrogen) atoms. The van der Waals surface area contributed by atoms with Crippen molar-refractivity contribution < 1.29 is 14.7 Å². The smallest absolute Gasteiger partial charge is 0.200 e. The van der Waals surface area contributed by atoms with Gasteiger partial charge in [0.1, 0.15) is 5.75 Å². The maximum atomic E-state index is 13.7. The summed E-state index contributed by atoms with van der Waals surface area (Å²) in [5, 5.41) is 17.9. The SMILES string of the molecule is Cc1cc(O)c2c(c1NC1CCCCC1)C(=O)c1cccc(NC3CCCCC3)c1C2=O. The minimum absolute atomic E-state index is 0.108. The van der Waals surface area contributed by atoms with E-state index in [1.54, 1.807) is 12.1 Å². The Morgan fingerprint density at radius 2 is 1.41 bits per heavy atom. The van der Waals surface area contributed by atoms with Crippen molar-refractivity contribution in [3.05, 3.63) is 52.1 Å². The van der Waals surface area contributed by atoms with Gasteiger partial charge in [-0.3, -0.25) is 9.59 Å². The summed E-state index contributed by atoms with van der Waals surface area (Å²) in [5.41, 5.74) is 3.52. The Balaban J connectivity index is 1.57. The molecule has 168 valence electrons. The number of hydrogen-bond acceptors (Lipinski definition) is 5. The molecule has 0 amide bonds. The van der Waals surface area contributed by atoms with Gasteiger partial charge in [0.15, 0.2) is 11.6 Å². The summed E-state index contributed by atoms with van der Waals surface area (Å²) < 4.78 is 0. The van der Waals surface area contributed by atoms with Crippen LogP contribution < -0.4 is 10.6 Å². The van der Waals surface area contributed by atoms with E-state index in [0.717, 1.165) is 31.2 Å². The molecule has 0 aromatic heterocycles. The second-order valence-corrected chi connectivity index (χ2v) is 9.68. The van der Waals surface area contributed by atoms with E-state index in [-0.39, 0.29) is 22.9 Å². The summed E-state index contributed by atoms with van der Waals surface area (Å²) in [7, 11) is 0. The van der Waals surface area contributed by atoms with E-state index >= 15 is 0 Å². The second kappa shape index (κ2) is 8.61. The van der Waals surface area contributed by atoms with Crippen LogP contribution in [0.25, 0.3) is 0 Å². The zero-order chi connectivity index (χ0) is 22.2. The molecule has 0 unspecified atom stereocenters. The fourth-order valence-corrected chi connectivity index (χ4v) is 5.73. The summed E-state index contributed by atoms with van der Waals surface area (Å²) in [6.45, 7) is 1.89. The maximum Gasteiger partial charge on any atom is 0.200 e. The van der Waals surface area contributed by atoms with Crippen LogP contribution in [0.4, 0.5) is 11.4 Å². The van der Waals surface area contributed by atoms with Crippen LogP contribution in [-0.2, 0) is 0 Å². The van der Waals surface area contributed by atoms with E-state index in [2.05, 4.69) is 10.6 Å². The Kier molecular flexibility index (Phi) is 5.66. The Labute approximate surface area is 189 Å². The third-order valence-corrected chi connectivity index (χ3v) is 7.41. The van der Waals surface area contributed by atoms with Crippen LogP contribution in [0, 0.1) is 6.92 Å². The van der Waals surface area contributed by atoms with Gasteiger partial charge in [0.2, 0.25) is 0 Å². The third-order valence-electron chi connectivity index (χ3n) is 7.41. The highest BCUT2D eigenvalue weighted by atomic mass is 16.3. The molecule has 3 aliphatic rings.